The van der Waals surface area contributed by atoms with E-state index in [0.29, 0.717) is 37.4 Å². The molecule has 122 valence electrons. The molecule has 1 N–H and O–H groups in total. The molecule has 1 aliphatic heterocycles. The van der Waals surface area contributed by atoms with Crippen molar-refractivity contribution in [2.45, 2.75) is 32.9 Å². The van der Waals surface area contributed by atoms with Crippen LogP contribution in [0.4, 0.5) is 0 Å². The van der Waals surface area contributed by atoms with E-state index >= 15 is 0 Å². The summed E-state index contributed by atoms with van der Waals surface area (Å²) < 4.78 is 3.31. The van der Waals surface area contributed by atoms with E-state index in [0.717, 1.165) is 11.3 Å². The molecule has 0 radical (unpaired) electrons. The monoisotopic (exact) mass is 318 g/mol. The highest BCUT2D eigenvalue weighted by Gasteiger charge is 2.27. The van der Waals surface area contributed by atoms with Crippen molar-refractivity contribution in [2.75, 3.05) is 6.54 Å². The van der Waals surface area contributed by atoms with Crippen molar-refractivity contribution in [1.29, 1.82) is 0 Å². The minimum Gasteiger partial charge on any atom is -0.481 e. The molecule has 0 aliphatic carbocycles. The van der Waals surface area contributed by atoms with E-state index in [9.17, 15) is 9.59 Å². The normalized spacial score (nSPS) is 13.9. The van der Waals surface area contributed by atoms with E-state index in [1.54, 1.807) is 34.4 Å². The van der Waals surface area contributed by atoms with Crippen LogP contribution in [0.2, 0.25) is 0 Å². The highest BCUT2D eigenvalue weighted by molar-refractivity contribution is 5.74. The van der Waals surface area contributed by atoms with Gasteiger partial charge >= 0.3 is 5.97 Å². The van der Waals surface area contributed by atoms with Gasteiger partial charge in [0.1, 0.15) is 11.4 Å². The minimum atomic E-state index is -0.864. The number of fused-ring (bicyclic) bond motifs is 1. The Kier molecular flexibility index (Phi) is 3.85. The number of carboxylic acid groups (broad SMARTS) is 1. The molecule has 9 heteroatoms. The Labute approximate surface area is 132 Å². The van der Waals surface area contributed by atoms with Gasteiger partial charge in [-0.05, 0) is 0 Å². The molecule has 3 heterocycles. The zero-order valence-corrected chi connectivity index (χ0v) is 13.1. The molecule has 9 nitrogen and oxygen atoms in total. The summed E-state index contributed by atoms with van der Waals surface area (Å²) in [4.78, 5) is 24.3. The summed E-state index contributed by atoms with van der Waals surface area (Å²) in [6.45, 7) is 2.92. The number of rotatable bonds is 4. The molecule has 2 aromatic rings. The lowest BCUT2D eigenvalue weighted by molar-refractivity contribution is -0.137. The first-order valence-corrected chi connectivity index (χ1v) is 7.38. The summed E-state index contributed by atoms with van der Waals surface area (Å²) in [5.74, 6) is -0.851. The van der Waals surface area contributed by atoms with Crippen molar-refractivity contribution in [3.05, 3.63) is 17.5 Å². The van der Waals surface area contributed by atoms with E-state index in [-0.39, 0.29) is 12.3 Å². The zero-order chi connectivity index (χ0) is 16.6. The third kappa shape index (κ3) is 2.94. The van der Waals surface area contributed by atoms with Crippen LogP contribution in [0, 0.1) is 0 Å². The van der Waals surface area contributed by atoms with Crippen LogP contribution in [0.25, 0.3) is 11.4 Å². The average Bonchev–Trinajstić information content (AvgIpc) is 3.08. The van der Waals surface area contributed by atoms with E-state index < -0.39 is 5.97 Å². The van der Waals surface area contributed by atoms with Crippen LogP contribution in [-0.2, 0) is 36.1 Å². The van der Waals surface area contributed by atoms with E-state index in [4.69, 9.17) is 5.11 Å². The fraction of sp³-hybridized carbons (Fsp3) is 0.500. The molecule has 0 fully saturated rings. The van der Waals surface area contributed by atoms with Gasteiger partial charge in [-0.25, -0.2) is 0 Å². The number of nitrogens with zero attached hydrogens (tertiary/aromatic N) is 6. The molecule has 0 atom stereocenters. The van der Waals surface area contributed by atoms with Gasteiger partial charge in [0.25, 0.3) is 0 Å². The molecule has 2 aromatic heterocycles. The molecular weight excluding hydrogens is 300 g/mol. The Bertz CT molecular complexity index is 763. The van der Waals surface area contributed by atoms with Gasteiger partial charge in [0, 0.05) is 44.7 Å². The Morgan fingerprint density at radius 1 is 1.39 bits per heavy atom. The zero-order valence-electron chi connectivity index (χ0n) is 13.1. The van der Waals surface area contributed by atoms with Crippen LogP contribution in [0.5, 0.6) is 0 Å². The number of carboxylic acids is 1. The second-order valence-corrected chi connectivity index (χ2v) is 5.61. The second-order valence-electron chi connectivity index (χ2n) is 5.61. The molecule has 0 unspecified atom stereocenters. The second kappa shape index (κ2) is 5.82. The maximum Gasteiger partial charge on any atom is 0.305 e. The number of aliphatic carboxylic acids is 1. The van der Waals surface area contributed by atoms with Gasteiger partial charge in [-0.2, -0.15) is 5.10 Å². The predicted molar refractivity (Wildman–Crippen MR) is 79.3 cm³/mol. The predicted octanol–water partition coefficient (Wildman–Crippen LogP) is 0.0579. The quantitative estimate of drug-likeness (QED) is 0.854. The molecule has 1 amide bonds. The maximum atomic E-state index is 11.7. The molecule has 3 rings (SSSR count). The van der Waals surface area contributed by atoms with Gasteiger partial charge in [0.05, 0.1) is 19.2 Å². The first kappa shape index (κ1) is 15.2. The standard InChI is InChI=1S/C14H18N6O3/c1-9(21)19-5-3-12-10(7-19)14(11-8-18(2)17-15-11)16-20(12)6-4-13(22)23/h8H,3-7H2,1-2H3,(H,22,23). The Morgan fingerprint density at radius 2 is 2.17 bits per heavy atom. The number of carbonyl (C=O) groups excluding carboxylic acids is 1. The molecule has 0 saturated carbocycles. The Morgan fingerprint density at radius 3 is 2.78 bits per heavy atom. The van der Waals surface area contributed by atoms with Crippen LogP contribution in [0.1, 0.15) is 24.6 Å². The third-order valence-electron chi connectivity index (χ3n) is 3.96. The lowest BCUT2D eigenvalue weighted by Crippen LogP contribution is -2.34. The van der Waals surface area contributed by atoms with Crippen molar-refractivity contribution in [1.82, 2.24) is 29.7 Å². The van der Waals surface area contributed by atoms with Crippen LogP contribution < -0.4 is 0 Å². The summed E-state index contributed by atoms with van der Waals surface area (Å²) in [6.07, 6.45) is 2.42. The molecule has 0 saturated heterocycles. The lowest BCUT2D eigenvalue weighted by Gasteiger charge is -2.26. The SMILES string of the molecule is CC(=O)N1CCc2c(c(-c3cn(C)nn3)nn2CCC(=O)O)C1. The van der Waals surface area contributed by atoms with Crippen LogP contribution in [0.15, 0.2) is 6.20 Å². The Hall–Kier alpha value is -2.71. The molecular formula is C14H18N6O3. The average molecular weight is 318 g/mol. The molecule has 23 heavy (non-hydrogen) atoms. The summed E-state index contributed by atoms with van der Waals surface area (Å²) in [7, 11) is 1.77. The number of carbonyl (C=O) groups is 2. The highest BCUT2D eigenvalue weighted by atomic mass is 16.4. The fourth-order valence-corrected chi connectivity index (χ4v) is 2.81. The number of aromatic nitrogens is 5. The first-order chi connectivity index (χ1) is 11.0. The molecule has 0 aromatic carbocycles. The third-order valence-corrected chi connectivity index (χ3v) is 3.96. The first-order valence-electron chi connectivity index (χ1n) is 7.38. The molecule has 1 aliphatic rings. The summed E-state index contributed by atoms with van der Waals surface area (Å²) in [5.41, 5.74) is 3.20. The van der Waals surface area contributed by atoms with Gasteiger partial charge in [-0.1, -0.05) is 5.21 Å². The summed E-state index contributed by atoms with van der Waals surface area (Å²) in [5, 5.41) is 21.5. The number of hydrogen-bond acceptors (Lipinski definition) is 5. The number of amides is 1. The van der Waals surface area contributed by atoms with Crippen LogP contribution >= 0.6 is 0 Å². The van der Waals surface area contributed by atoms with Gasteiger partial charge in [0.15, 0.2) is 0 Å². The summed E-state index contributed by atoms with van der Waals surface area (Å²) in [6, 6.07) is 0. The van der Waals surface area contributed by atoms with Gasteiger partial charge in [-0.3, -0.25) is 19.0 Å². The van der Waals surface area contributed by atoms with Crippen molar-refractivity contribution in [2.24, 2.45) is 7.05 Å². The molecule has 0 bridgehead atoms. The van der Waals surface area contributed by atoms with Crippen molar-refractivity contribution < 1.29 is 14.7 Å². The Balaban J connectivity index is 2.01. The van der Waals surface area contributed by atoms with Gasteiger partial charge in [0.2, 0.25) is 5.91 Å². The van der Waals surface area contributed by atoms with Gasteiger partial charge < -0.3 is 10.0 Å². The van der Waals surface area contributed by atoms with E-state index in [1.807, 2.05) is 0 Å². The fourth-order valence-electron chi connectivity index (χ4n) is 2.81. The van der Waals surface area contributed by atoms with Gasteiger partial charge in [-0.15, -0.1) is 5.10 Å². The maximum absolute atomic E-state index is 11.7. The van der Waals surface area contributed by atoms with Crippen molar-refractivity contribution in [3.8, 4) is 11.4 Å². The van der Waals surface area contributed by atoms with Crippen LogP contribution in [-0.4, -0.2) is 53.2 Å². The van der Waals surface area contributed by atoms with Crippen molar-refractivity contribution >= 4 is 11.9 Å². The van der Waals surface area contributed by atoms with Crippen LogP contribution in [0.3, 0.4) is 0 Å². The highest BCUT2D eigenvalue weighted by Crippen LogP contribution is 2.29. The number of hydrogen-bond donors (Lipinski definition) is 1. The summed E-state index contributed by atoms with van der Waals surface area (Å²) >= 11 is 0. The van der Waals surface area contributed by atoms with E-state index in [1.165, 1.54) is 0 Å². The largest absolute Gasteiger partial charge is 0.481 e. The molecule has 0 spiro atoms. The lowest BCUT2D eigenvalue weighted by atomic mass is 10.0. The smallest absolute Gasteiger partial charge is 0.305 e. The topological polar surface area (TPSA) is 106 Å². The van der Waals surface area contributed by atoms with Crippen molar-refractivity contribution in [3.63, 3.8) is 0 Å². The minimum absolute atomic E-state index is 0.00442. The number of aryl methyl sites for hydroxylation is 2. The van der Waals surface area contributed by atoms with E-state index in [2.05, 4.69) is 15.4 Å².